The van der Waals surface area contributed by atoms with Gasteiger partial charge in [-0.2, -0.15) is 10.3 Å². The lowest BCUT2D eigenvalue weighted by Crippen LogP contribution is -2.34. The van der Waals surface area contributed by atoms with Crippen LogP contribution in [0.5, 0.6) is 0 Å². The summed E-state index contributed by atoms with van der Waals surface area (Å²) in [5.74, 6) is 0. The topological polar surface area (TPSA) is 44.8 Å². The molecule has 2 heterocycles. The third-order valence-corrected chi connectivity index (χ3v) is 5.37. The zero-order chi connectivity index (χ0) is 13.9. The molecule has 0 aliphatic carbocycles. The van der Waals surface area contributed by atoms with Crippen LogP contribution >= 0.6 is 35.0 Å². The Morgan fingerprint density at radius 3 is 2.65 bits per heavy atom. The molecule has 0 bridgehead atoms. The van der Waals surface area contributed by atoms with E-state index in [-0.39, 0.29) is 0 Å². The molecule has 1 saturated heterocycles. The van der Waals surface area contributed by atoms with Crippen molar-refractivity contribution in [1.82, 2.24) is 15.4 Å². The maximum absolute atomic E-state index is 6.08. The fourth-order valence-corrected chi connectivity index (χ4v) is 3.62. The molecule has 1 aliphatic heterocycles. The molecular weight excluding hydrogens is 315 g/mol. The van der Waals surface area contributed by atoms with Crippen molar-refractivity contribution in [3.05, 3.63) is 34.4 Å². The summed E-state index contributed by atoms with van der Waals surface area (Å²) in [6.07, 6.45) is 4.02. The highest BCUT2D eigenvalue weighted by Gasteiger charge is 2.21. The van der Waals surface area contributed by atoms with E-state index >= 15 is 0 Å². The zero-order valence-electron chi connectivity index (χ0n) is 10.7. The second-order valence-corrected chi connectivity index (χ2v) is 6.85. The summed E-state index contributed by atoms with van der Waals surface area (Å²) >= 11 is 13.8. The van der Waals surface area contributed by atoms with Gasteiger partial charge in [-0.05, 0) is 31.0 Å². The van der Waals surface area contributed by atoms with Crippen molar-refractivity contribution in [1.29, 1.82) is 0 Å². The number of thioether (sulfide) groups is 1. The summed E-state index contributed by atoms with van der Waals surface area (Å²) < 4.78 is 0. The average molecular weight is 329 g/mol. The van der Waals surface area contributed by atoms with Crippen LogP contribution in [0.15, 0.2) is 29.4 Å². The van der Waals surface area contributed by atoms with Crippen LogP contribution in [0.3, 0.4) is 0 Å². The number of anilines is 1. The first kappa shape index (κ1) is 14.0. The van der Waals surface area contributed by atoms with Gasteiger partial charge in [-0.1, -0.05) is 35.0 Å². The quantitative estimate of drug-likeness (QED) is 0.928. The Hall–Kier alpha value is -0.910. The Bertz CT molecular complexity index is 568. The van der Waals surface area contributed by atoms with E-state index in [1.54, 1.807) is 18.0 Å². The number of H-pyrrole nitrogens is 1. The Kier molecular flexibility index (Phi) is 4.38. The fraction of sp³-hybridized carbons (Fsp3) is 0.385. The highest BCUT2D eigenvalue weighted by atomic mass is 35.5. The fourth-order valence-electron chi connectivity index (χ4n) is 2.33. The van der Waals surface area contributed by atoms with Gasteiger partial charge in [0, 0.05) is 24.0 Å². The van der Waals surface area contributed by atoms with Crippen molar-refractivity contribution in [3.63, 3.8) is 0 Å². The summed E-state index contributed by atoms with van der Waals surface area (Å²) in [6, 6.07) is 5.82. The van der Waals surface area contributed by atoms with Gasteiger partial charge < -0.3 is 4.90 Å². The van der Waals surface area contributed by atoms with E-state index in [0.29, 0.717) is 15.3 Å². The predicted octanol–water partition coefficient (Wildman–Crippen LogP) is 3.87. The van der Waals surface area contributed by atoms with Crippen molar-refractivity contribution >= 4 is 40.7 Å². The van der Waals surface area contributed by atoms with Crippen LogP contribution in [-0.2, 0) is 0 Å². The number of halogens is 2. The highest BCUT2D eigenvalue weighted by molar-refractivity contribution is 7.99. The standard InChI is InChI=1S/C13H14Cl2N4S/c14-11-2-1-9(7-12(11)15)19-5-3-10(4-6-19)20-13-8-16-18-17-13/h1-2,7-8,10H,3-6H2,(H,16,17,18). The molecular formula is C13H14Cl2N4S. The molecule has 106 valence electrons. The number of aromatic amines is 1. The first-order valence-corrected chi connectivity index (χ1v) is 8.08. The molecule has 0 spiro atoms. The minimum atomic E-state index is 0.596. The summed E-state index contributed by atoms with van der Waals surface area (Å²) in [4.78, 5) is 2.35. The third-order valence-electron chi connectivity index (χ3n) is 3.39. The van der Waals surface area contributed by atoms with Crippen molar-refractivity contribution in [2.45, 2.75) is 23.1 Å². The monoisotopic (exact) mass is 328 g/mol. The van der Waals surface area contributed by atoms with Crippen LogP contribution in [0.25, 0.3) is 0 Å². The zero-order valence-corrected chi connectivity index (χ0v) is 13.0. The molecule has 1 aromatic carbocycles. The molecule has 2 aromatic rings. The molecule has 3 rings (SSSR count). The van der Waals surface area contributed by atoms with Gasteiger partial charge in [0.05, 0.1) is 16.2 Å². The Labute approximate surface area is 131 Å². The molecule has 0 atom stereocenters. The van der Waals surface area contributed by atoms with Crippen molar-refractivity contribution in [2.75, 3.05) is 18.0 Å². The lowest BCUT2D eigenvalue weighted by atomic mass is 10.1. The largest absolute Gasteiger partial charge is 0.371 e. The number of hydrogen-bond donors (Lipinski definition) is 1. The van der Waals surface area contributed by atoms with Gasteiger partial charge in [0.25, 0.3) is 0 Å². The van der Waals surface area contributed by atoms with Crippen LogP contribution < -0.4 is 4.90 Å². The average Bonchev–Trinajstić information content (AvgIpc) is 2.96. The van der Waals surface area contributed by atoms with E-state index in [1.807, 2.05) is 18.2 Å². The van der Waals surface area contributed by atoms with E-state index in [9.17, 15) is 0 Å². The maximum atomic E-state index is 6.08. The summed E-state index contributed by atoms with van der Waals surface area (Å²) in [5.41, 5.74) is 1.14. The van der Waals surface area contributed by atoms with E-state index in [4.69, 9.17) is 23.2 Å². The minimum absolute atomic E-state index is 0.596. The number of rotatable bonds is 3. The number of hydrogen-bond acceptors (Lipinski definition) is 4. The van der Waals surface area contributed by atoms with Crippen LogP contribution in [0.2, 0.25) is 10.0 Å². The smallest absolute Gasteiger partial charge is 0.138 e. The third kappa shape index (κ3) is 3.22. The van der Waals surface area contributed by atoms with Crippen LogP contribution in [0, 0.1) is 0 Å². The Balaban J connectivity index is 1.59. The van der Waals surface area contributed by atoms with Crippen molar-refractivity contribution < 1.29 is 0 Å². The minimum Gasteiger partial charge on any atom is -0.371 e. The van der Waals surface area contributed by atoms with Gasteiger partial charge in [0.2, 0.25) is 0 Å². The normalized spacial score (nSPS) is 16.6. The number of benzene rings is 1. The van der Waals surface area contributed by atoms with Gasteiger partial charge in [-0.3, -0.25) is 0 Å². The summed E-state index contributed by atoms with van der Waals surface area (Å²) in [5, 5.41) is 13.4. The number of nitrogens with zero attached hydrogens (tertiary/aromatic N) is 3. The second-order valence-electron chi connectivity index (χ2n) is 4.71. The lowest BCUT2D eigenvalue weighted by molar-refractivity contribution is 0.590. The van der Waals surface area contributed by atoms with Crippen molar-refractivity contribution in [2.24, 2.45) is 0 Å². The van der Waals surface area contributed by atoms with E-state index < -0.39 is 0 Å². The summed E-state index contributed by atoms with van der Waals surface area (Å²) in [7, 11) is 0. The Morgan fingerprint density at radius 1 is 1.20 bits per heavy atom. The van der Waals surface area contributed by atoms with Crippen LogP contribution in [0.4, 0.5) is 5.69 Å². The molecule has 1 N–H and O–H groups in total. The van der Waals surface area contributed by atoms with Gasteiger partial charge in [0.1, 0.15) is 5.03 Å². The first-order chi connectivity index (χ1) is 9.72. The van der Waals surface area contributed by atoms with Gasteiger partial charge in [-0.25, -0.2) is 0 Å². The molecule has 0 unspecified atom stereocenters. The number of nitrogens with one attached hydrogen (secondary N) is 1. The van der Waals surface area contributed by atoms with E-state index in [0.717, 1.165) is 36.6 Å². The number of piperidine rings is 1. The highest BCUT2D eigenvalue weighted by Crippen LogP contribution is 2.32. The van der Waals surface area contributed by atoms with E-state index in [1.165, 1.54) is 0 Å². The SMILES string of the molecule is Clc1ccc(N2CCC(Sc3cn[nH]n3)CC2)cc1Cl. The summed E-state index contributed by atoms with van der Waals surface area (Å²) in [6.45, 7) is 2.04. The molecule has 0 radical (unpaired) electrons. The van der Waals surface area contributed by atoms with Gasteiger partial charge >= 0.3 is 0 Å². The molecule has 1 aromatic heterocycles. The molecule has 0 amide bonds. The van der Waals surface area contributed by atoms with E-state index in [2.05, 4.69) is 20.3 Å². The van der Waals surface area contributed by atoms with Gasteiger partial charge in [-0.15, -0.1) is 5.10 Å². The number of aromatic nitrogens is 3. The molecule has 4 nitrogen and oxygen atoms in total. The van der Waals surface area contributed by atoms with Crippen LogP contribution in [-0.4, -0.2) is 33.8 Å². The van der Waals surface area contributed by atoms with Crippen molar-refractivity contribution in [3.8, 4) is 0 Å². The Morgan fingerprint density at radius 2 is 2.00 bits per heavy atom. The lowest BCUT2D eigenvalue weighted by Gasteiger charge is -2.33. The van der Waals surface area contributed by atoms with Gasteiger partial charge in [0.15, 0.2) is 0 Å². The maximum Gasteiger partial charge on any atom is 0.138 e. The molecule has 1 fully saturated rings. The molecule has 1 aliphatic rings. The molecule has 20 heavy (non-hydrogen) atoms. The predicted molar refractivity (Wildman–Crippen MR) is 83.9 cm³/mol. The molecule has 0 saturated carbocycles. The molecule has 7 heteroatoms. The second kappa shape index (κ2) is 6.24. The first-order valence-electron chi connectivity index (χ1n) is 6.45. The van der Waals surface area contributed by atoms with Crippen LogP contribution in [0.1, 0.15) is 12.8 Å².